The van der Waals surface area contributed by atoms with Gasteiger partial charge < -0.3 is 10.1 Å². The van der Waals surface area contributed by atoms with Crippen LogP contribution in [0.5, 0.6) is 0 Å². The van der Waals surface area contributed by atoms with Gasteiger partial charge in [0.2, 0.25) is 5.91 Å². The first-order chi connectivity index (χ1) is 11.2. The number of carbonyl (C=O) groups excluding carboxylic acids is 1. The van der Waals surface area contributed by atoms with Crippen molar-refractivity contribution in [2.75, 3.05) is 19.6 Å². The molecule has 0 unspecified atom stereocenters. The highest BCUT2D eigenvalue weighted by atomic mass is 32.1. The summed E-state index contributed by atoms with van der Waals surface area (Å²) in [6, 6.07) is 0. The van der Waals surface area contributed by atoms with Crippen molar-refractivity contribution in [3.63, 3.8) is 0 Å². The van der Waals surface area contributed by atoms with Gasteiger partial charge in [0.25, 0.3) is 0 Å². The molecule has 5 nitrogen and oxygen atoms in total. The third kappa shape index (κ3) is 3.59. The van der Waals surface area contributed by atoms with Gasteiger partial charge in [-0.3, -0.25) is 9.69 Å². The van der Waals surface area contributed by atoms with Crippen molar-refractivity contribution in [1.82, 2.24) is 15.2 Å². The lowest BCUT2D eigenvalue weighted by atomic mass is 9.91. The quantitative estimate of drug-likeness (QED) is 0.894. The normalized spacial score (nSPS) is 31.1. The van der Waals surface area contributed by atoms with Crippen LogP contribution in [0.25, 0.3) is 0 Å². The number of hydrogen-bond donors (Lipinski definition) is 1. The second kappa shape index (κ2) is 6.49. The number of aromatic nitrogens is 1. The van der Waals surface area contributed by atoms with E-state index in [4.69, 9.17) is 4.74 Å². The molecule has 1 N–H and O–H groups in total. The highest BCUT2D eigenvalue weighted by Gasteiger charge is 2.42. The van der Waals surface area contributed by atoms with Crippen LogP contribution in [0.2, 0.25) is 0 Å². The van der Waals surface area contributed by atoms with E-state index in [0.29, 0.717) is 5.92 Å². The highest BCUT2D eigenvalue weighted by Crippen LogP contribution is 2.34. The SMILES string of the molecule is Cc1ncsc1CN1CC[C@H]2C[C@@H](C(=O)NCC3CC3)O[C@H]2C1. The second-order valence-corrected chi connectivity index (χ2v) is 8.17. The van der Waals surface area contributed by atoms with Gasteiger partial charge in [-0.15, -0.1) is 11.3 Å². The lowest BCUT2D eigenvalue weighted by Crippen LogP contribution is -2.42. The molecule has 0 spiro atoms. The van der Waals surface area contributed by atoms with Crippen molar-refractivity contribution in [1.29, 1.82) is 0 Å². The first-order valence-corrected chi connectivity index (χ1v) is 9.61. The number of nitrogens with one attached hydrogen (secondary N) is 1. The second-order valence-electron chi connectivity index (χ2n) is 7.23. The van der Waals surface area contributed by atoms with Gasteiger partial charge in [0, 0.05) is 24.5 Å². The summed E-state index contributed by atoms with van der Waals surface area (Å²) in [6.07, 6.45) is 4.55. The molecular formula is C17H25N3O2S. The summed E-state index contributed by atoms with van der Waals surface area (Å²) in [5, 5.41) is 3.07. The van der Waals surface area contributed by atoms with Crippen molar-refractivity contribution < 1.29 is 9.53 Å². The van der Waals surface area contributed by atoms with Crippen LogP contribution in [0.4, 0.5) is 0 Å². The molecule has 126 valence electrons. The lowest BCUT2D eigenvalue weighted by Gasteiger charge is -2.33. The number of hydrogen-bond acceptors (Lipinski definition) is 5. The number of aryl methyl sites for hydroxylation is 1. The van der Waals surface area contributed by atoms with Crippen LogP contribution >= 0.6 is 11.3 Å². The van der Waals surface area contributed by atoms with E-state index in [1.165, 1.54) is 17.7 Å². The largest absolute Gasteiger partial charge is 0.364 e. The van der Waals surface area contributed by atoms with Crippen molar-refractivity contribution in [3.05, 3.63) is 16.1 Å². The van der Waals surface area contributed by atoms with E-state index in [-0.39, 0.29) is 18.1 Å². The summed E-state index contributed by atoms with van der Waals surface area (Å²) in [5.41, 5.74) is 3.06. The Morgan fingerprint density at radius 1 is 1.48 bits per heavy atom. The van der Waals surface area contributed by atoms with Crippen LogP contribution in [0.3, 0.4) is 0 Å². The number of piperidine rings is 1. The number of carbonyl (C=O) groups is 1. The van der Waals surface area contributed by atoms with Crippen molar-refractivity contribution >= 4 is 17.2 Å². The number of nitrogens with zero attached hydrogens (tertiary/aromatic N) is 2. The minimum atomic E-state index is -0.228. The maximum absolute atomic E-state index is 12.2. The zero-order valence-electron chi connectivity index (χ0n) is 13.7. The van der Waals surface area contributed by atoms with Gasteiger partial charge in [0.1, 0.15) is 6.10 Å². The lowest BCUT2D eigenvalue weighted by molar-refractivity contribution is -0.132. The first-order valence-electron chi connectivity index (χ1n) is 8.73. The van der Waals surface area contributed by atoms with Crippen LogP contribution in [0, 0.1) is 18.8 Å². The van der Waals surface area contributed by atoms with Gasteiger partial charge in [-0.05, 0) is 51.0 Å². The molecule has 1 aromatic rings. The van der Waals surface area contributed by atoms with Gasteiger partial charge in [-0.2, -0.15) is 0 Å². The topological polar surface area (TPSA) is 54.5 Å². The molecule has 0 bridgehead atoms. The standard InChI is InChI=1S/C17H25N3O2S/c1-11-16(23-10-19-11)9-20-5-4-13-6-14(22-15(13)8-20)17(21)18-7-12-2-3-12/h10,12-15H,2-9H2,1H3,(H,18,21)/t13-,14-,15-/m0/s1. The van der Waals surface area contributed by atoms with Crippen LogP contribution in [-0.4, -0.2) is 47.6 Å². The molecule has 1 amide bonds. The Kier molecular flexibility index (Phi) is 4.39. The molecule has 0 radical (unpaired) electrons. The Hall–Kier alpha value is -0.980. The van der Waals surface area contributed by atoms with E-state index < -0.39 is 0 Å². The van der Waals surface area contributed by atoms with E-state index in [2.05, 4.69) is 22.1 Å². The third-order valence-electron chi connectivity index (χ3n) is 5.40. The zero-order chi connectivity index (χ0) is 15.8. The summed E-state index contributed by atoms with van der Waals surface area (Å²) >= 11 is 1.73. The smallest absolute Gasteiger partial charge is 0.249 e. The molecule has 2 aliphatic heterocycles. The fourth-order valence-corrected chi connectivity index (χ4v) is 4.49. The molecule has 2 saturated heterocycles. The van der Waals surface area contributed by atoms with E-state index in [1.807, 2.05) is 5.51 Å². The Labute approximate surface area is 141 Å². The molecule has 3 atom stereocenters. The number of likely N-dealkylation sites (tertiary alicyclic amines) is 1. The summed E-state index contributed by atoms with van der Waals surface area (Å²) in [7, 11) is 0. The maximum Gasteiger partial charge on any atom is 0.249 e. The highest BCUT2D eigenvalue weighted by molar-refractivity contribution is 7.09. The monoisotopic (exact) mass is 335 g/mol. The summed E-state index contributed by atoms with van der Waals surface area (Å²) in [6.45, 7) is 5.91. The summed E-state index contributed by atoms with van der Waals surface area (Å²) in [5.74, 6) is 1.38. The molecule has 1 aliphatic carbocycles. The van der Waals surface area contributed by atoms with Crippen molar-refractivity contribution in [3.8, 4) is 0 Å². The molecule has 3 heterocycles. The average molecular weight is 335 g/mol. The van der Waals surface area contributed by atoms with Gasteiger partial charge in [0.05, 0.1) is 17.3 Å². The van der Waals surface area contributed by atoms with Gasteiger partial charge in [0.15, 0.2) is 0 Å². The molecule has 23 heavy (non-hydrogen) atoms. The average Bonchev–Trinajstić information content (AvgIpc) is 3.15. The van der Waals surface area contributed by atoms with Crippen molar-refractivity contribution in [2.24, 2.45) is 11.8 Å². The molecule has 1 aromatic heterocycles. The Bertz CT molecular complexity index is 572. The van der Waals surface area contributed by atoms with Crippen LogP contribution in [0.1, 0.15) is 36.3 Å². The van der Waals surface area contributed by atoms with Crippen LogP contribution in [0.15, 0.2) is 5.51 Å². The Morgan fingerprint density at radius 3 is 3.09 bits per heavy atom. The maximum atomic E-state index is 12.2. The predicted octanol–water partition coefficient (Wildman–Crippen LogP) is 1.96. The molecule has 0 aromatic carbocycles. The van der Waals surface area contributed by atoms with E-state index in [0.717, 1.165) is 50.6 Å². The Balaban J connectivity index is 1.29. The van der Waals surface area contributed by atoms with Gasteiger partial charge in [-0.25, -0.2) is 4.98 Å². The Morgan fingerprint density at radius 2 is 2.35 bits per heavy atom. The molecule has 4 rings (SSSR count). The molecule has 3 aliphatic rings. The fraction of sp³-hybridized carbons (Fsp3) is 0.765. The summed E-state index contributed by atoms with van der Waals surface area (Å²) in [4.78, 5) is 20.4. The van der Waals surface area contributed by atoms with Gasteiger partial charge >= 0.3 is 0 Å². The molecule has 6 heteroatoms. The minimum absolute atomic E-state index is 0.108. The molecule has 3 fully saturated rings. The number of rotatable bonds is 5. The van der Waals surface area contributed by atoms with E-state index >= 15 is 0 Å². The molecular weight excluding hydrogens is 310 g/mol. The molecule has 1 saturated carbocycles. The number of fused-ring (bicyclic) bond motifs is 1. The summed E-state index contributed by atoms with van der Waals surface area (Å²) < 4.78 is 6.09. The number of thiazole rings is 1. The fourth-order valence-electron chi connectivity index (χ4n) is 3.67. The van der Waals surface area contributed by atoms with Crippen LogP contribution < -0.4 is 5.32 Å². The minimum Gasteiger partial charge on any atom is -0.364 e. The predicted molar refractivity (Wildman–Crippen MR) is 89.2 cm³/mol. The number of amides is 1. The van der Waals surface area contributed by atoms with E-state index in [1.54, 1.807) is 11.3 Å². The van der Waals surface area contributed by atoms with E-state index in [9.17, 15) is 4.79 Å². The zero-order valence-corrected chi connectivity index (χ0v) is 14.5. The number of ether oxygens (including phenoxy) is 1. The van der Waals surface area contributed by atoms with Crippen LogP contribution in [-0.2, 0) is 16.1 Å². The first kappa shape index (κ1) is 15.5. The van der Waals surface area contributed by atoms with Crippen molar-refractivity contribution in [2.45, 2.75) is 51.4 Å². The van der Waals surface area contributed by atoms with Gasteiger partial charge in [-0.1, -0.05) is 0 Å². The third-order valence-corrected chi connectivity index (χ3v) is 6.32.